The van der Waals surface area contributed by atoms with Crippen LogP contribution in [0.15, 0.2) is 42.6 Å². The summed E-state index contributed by atoms with van der Waals surface area (Å²) in [5.74, 6) is 1.05. The van der Waals surface area contributed by atoms with Crippen molar-refractivity contribution >= 4 is 11.5 Å². The SMILES string of the molecule is Cc1cccc2c1CCN2c1ccccn1. The average molecular weight is 210 g/mol. The van der Waals surface area contributed by atoms with Gasteiger partial charge in [0.2, 0.25) is 0 Å². The molecule has 0 spiro atoms. The number of hydrogen-bond donors (Lipinski definition) is 0. The largest absolute Gasteiger partial charge is 0.326 e. The van der Waals surface area contributed by atoms with Crippen LogP contribution in [0.25, 0.3) is 0 Å². The second-order valence-corrected chi connectivity index (χ2v) is 4.16. The maximum atomic E-state index is 4.42. The predicted molar refractivity (Wildman–Crippen MR) is 66.1 cm³/mol. The first-order valence-electron chi connectivity index (χ1n) is 5.63. The van der Waals surface area contributed by atoms with Crippen LogP contribution in [0.1, 0.15) is 11.1 Å². The van der Waals surface area contributed by atoms with Crippen LogP contribution in [-0.2, 0) is 6.42 Å². The molecule has 1 aliphatic heterocycles. The number of hydrogen-bond acceptors (Lipinski definition) is 2. The number of anilines is 2. The van der Waals surface area contributed by atoms with Crippen molar-refractivity contribution < 1.29 is 0 Å². The molecule has 0 aliphatic carbocycles. The summed E-state index contributed by atoms with van der Waals surface area (Å²) < 4.78 is 0. The molecule has 2 nitrogen and oxygen atoms in total. The molecule has 0 saturated heterocycles. The van der Waals surface area contributed by atoms with Gasteiger partial charge in [0.25, 0.3) is 0 Å². The lowest BCUT2D eigenvalue weighted by Gasteiger charge is -2.18. The van der Waals surface area contributed by atoms with Crippen LogP contribution >= 0.6 is 0 Å². The van der Waals surface area contributed by atoms with Crippen molar-refractivity contribution in [1.29, 1.82) is 0 Å². The standard InChI is InChI=1S/C14H14N2/c1-11-5-4-6-13-12(11)8-10-16(13)14-7-2-3-9-15-14/h2-7,9H,8,10H2,1H3. The Kier molecular flexibility index (Phi) is 2.13. The van der Waals surface area contributed by atoms with Crippen LogP contribution < -0.4 is 4.90 Å². The number of nitrogens with zero attached hydrogens (tertiary/aromatic N) is 2. The summed E-state index contributed by atoms with van der Waals surface area (Å²) in [6, 6.07) is 12.5. The minimum absolute atomic E-state index is 1.04. The van der Waals surface area contributed by atoms with Crippen LogP contribution in [0.5, 0.6) is 0 Å². The van der Waals surface area contributed by atoms with Gasteiger partial charge >= 0.3 is 0 Å². The van der Waals surface area contributed by atoms with E-state index in [2.05, 4.69) is 41.1 Å². The van der Waals surface area contributed by atoms with Gasteiger partial charge in [-0.1, -0.05) is 18.2 Å². The van der Waals surface area contributed by atoms with E-state index in [0.29, 0.717) is 0 Å². The summed E-state index contributed by atoms with van der Waals surface area (Å²) in [4.78, 5) is 6.71. The second kappa shape index (κ2) is 3.63. The van der Waals surface area contributed by atoms with Gasteiger partial charge in [-0.25, -0.2) is 4.98 Å². The number of pyridine rings is 1. The van der Waals surface area contributed by atoms with E-state index >= 15 is 0 Å². The third-order valence-corrected chi connectivity index (χ3v) is 3.19. The fourth-order valence-corrected chi connectivity index (χ4v) is 2.36. The molecule has 16 heavy (non-hydrogen) atoms. The van der Waals surface area contributed by atoms with Crippen molar-refractivity contribution in [3.05, 3.63) is 53.7 Å². The normalized spacial score (nSPS) is 13.9. The maximum Gasteiger partial charge on any atom is 0.132 e. The third kappa shape index (κ3) is 1.38. The van der Waals surface area contributed by atoms with Gasteiger partial charge in [0.15, 0.2) is 0 Å². The number of benzene rings is 1. The first kappa shape index (κ1) is 9.40. The average Bonchev–Trinajstić information content (AvgIpc) is 2.75. The van der Waals surface area contributed by atoms with Gasteiger partial charge in [-0.2, -0.15) is 0 Å². The summed E-state index contributed by atoms with van der Waals surface area (Å²) >= 11 is 0. The van der Waals surface area contributed by atoms with Crippen molar-refractivity contribution in [2.24, 2.45) is 0 Å². The van der Waals surface area contributed by atoms with Gasteiger partial charge in [0.1, 0.15) is 5.82 Å². The number of rotatable bonds is 1. The molecule has 2 heterocycles. The van der Waals surface area contributed by atoms with Crippen molar-refractivity contribution in [1.82, 2.24) is 4.98 Å². The van der Waals surface area contributed by atoms with Crippen LogP contribution in [0.3, 0.4) is 0 Å². The molecule has 0 amide bonds. The van der Waals surface area contributed by atoms with Crippen LogP contribution in [0, 0.1) is 6.92 Å². The molecule has 80 valence electrons. The Morgan fingerprint density at radius 2 is 2.06 bits per heavy atom. The summed E-state index contributed by atoms with van der Waals surface area (Å²) in [6.45, 7) is 3.22. The molecule has 3 rings (SSSR count). The smallest absolute Gasteiger partial charge is 0.132 e. The van der Waals surface area contributed by atoms with E-state index in [1.165, 1.54) is 16.8 Å². The van der Waals surface area contributed by atoms with Crippen molar-refractivity contribution in [3.8, 4) is 0 Å². The predicted octanol–water partition coefficient (Wildman–Crippen LogP) is 3.08. The zero-order chi connectivity index (χ0) is 11.0. The molecule has 1 aliphatic rings. The topological polar surface area (TPSA) is 16.1 Å². The second-order valence-electron chi connectivity index (χ2n) is 4.16. The Labute approximate surface area is 95.6 Å². The van der Waals surface area contributed by atoms with E-state index in [9.17, 15) is 0 Å². The minimum Gasteiger partial charge on any atom is -0.326 e. The minimum atomic E-state index is 1.04. The van der Waals surface area contributed by atoms with E-state index in [0.717, 1.165) is 18.8 Å². The maximum absolute atomic E-state index is 4.42. The van der Waals surface area contributed by atoms with Gasteiger partial charge < -0.3 is 4.90 Å². The first-order chi connectivity index (χ1) is 7.86. The third-order valence-electron chi connectivity index (χ3n) is 3.19. The van der Waals surface area contributed by atoms with E-state index < -0.39 is 0 Å². The van der Waals surface area contributed by atoms with Gasteiger partial charge in [-0.15, -0.1) is 0 Å². The van der Waals surface area contributed by atoms with Crippen LogP contribution in [-0.4, -0.2) is 11.5 Å². The van der Waals surface area contributed by atoms with E-state index in [1.807, 2.05) is 18.3 Å². The summed E-state index contributed by atoms with van der Waals surface area (Å²) in [5, 5.41) is 0. The van der Waals surface area contributed by atoms with Crippen molar-refractivity contribution in [2.45, 2.75) is 13.3 Å². The highest BCUT2D eigenvalue weighted by atomic mass is 15.2. The molecule has 0 fully saturated rings. The number of aryl methyl sites for hydroxylation is 1. The fourth-order valence-electron chi connectivity index (χ4n) is 2.36. The molecular formula is C14H14N2. The monoisotopic (exact) mass is 210 g/mol. The van der Waals surface area contributed by atoms with Gasteiger partial charge in [-0.05, 0) is 42.7 Å². The Morgan fingerprint density at radius 1 is 1.12 bits per heavy atom. The molecule has 1 aromatic carbocycles. The zero-order valence-corrected chi connectivity index (χ0v) is 9.35. The van der Waals surface area contributed by atoms with Crippen molar-refractivity contribution in [2.75, 3.05) is 11.4 Å². The highest BCUT2D eigenvalue weighted by Crippen LogP contribution is 2.34. The molecule has 0 atom stereocenters. The highest BCUT2D eigenvalue weighted by Gasteiger charge is 2.21. The van der Waals surface area contributed by atoms with E-state index in [1.54, 1.807) is 0 Å². The lowest BCUT2D eigenvalue weighted by atomic mass is 10.1. The quantitative estimate of drug-likeness (QED) is 0.719. The summed E-state index contributed by atoms with van der Waals surface area (Å²) in [7, 11) is 0. The molecule has 0 unspecified atom stereocenters. The Bertz CT molecular complexity index is 505. The zero-order valence-electron chi connectivity index (χ0n) is 9.35. The van der Waals surface area contributed by atoms with Gasteiger partial charge in [0.05, 0.1) is 0 Å². The first-order valence-corrected chi connectivity index (χ1v) is 5.63. The molecule has 0 saturated carbocycles. The molecule has 0 bridgehead atoms. The highest BCUT2D eigenvalue weighted by molar-refractivity contribution is 5.68. The molecule has 0 N–H and O–H groups in total. The van der Waals surface area contributed by atoms with Crippen LogP contribution in [0.2, 0.25) is 0 Å². The Hall–Kier alpha value is -1.83. The van der Waals surface area contributed by atoms with Crippen LogP contribution in [0.4, 0.5) is 11.5 Å². The molecule has 2 aromatic rings. The summed E-state index contributed by atoms with van der Waals surface area (Å²) in [6.07, 6.45) is 2.97. The molecule has 0 radical (unpaired) electrons. The van der Waals surface area contributed by atoms with Gasteiger partial charge in [0, 0.05) is 18.4 Å². The van der Waals surface area contributed by atoms with E-state index in [-0.39, 0.29) is 0 Å². The van der Waals surface area contributed by atoms with Crippen molar-refractivity contribution in [3.63, 3.8) is 0 Å². The Morgan fingerprint density at radius 3 is 2.88 bits per heavy atom. The summed E-state index contributed by atoms with van der Waals surface area (Å²) in [5.41, 5.74) is 4.17. The Balaban J connectivity index is 2.07. The molecule has 1 aromatic heterocycles. The number of fused-ring (bicyclic) bond motifs is 1. The lowest BCUT2D eigenvalue weighted by Crippen LogP contribution is -2.14. The van der Waals surface area contributed by atoms with Gasteiger partial charge in [-0.3, -0.25) is 0 Å². The lowest BCUT2D eigenvalue weighted by molar-refractivity contribution is 0.971. The molecule has 2 heteroatoms. The number of aromatic nitrogens is 1. The van der Waals surface area contributed by atoms with E-state index in [4.69, 9.17) is 0 Å². The fraction of sp³-hybridized carbons (Fsp3) is 0.214. The molecular weight excluding hydrogens is 196 g/mol.